The van der Waals surface area contributed by atoms with Crippen LogP contribution in [-0.2, 0) is 4.79 Å². The van der Waals surface area contributed by atoms with Crippen molar-refractivity contribution in [1.82, 2.24) is 5.32 Å². The molecule has 0 aromatic rings. The summed E-state index contributed by atoms with van der Waals surface area (Å²) in [5.41, 5.74) is 0. The fourth-order valence-corrected chi connectivity index (χ4v) is 6.19. The molecule has 2 bridgehead atoms. The maximum atomic E-state index is 12.4. The first-order valence-electron chi connectivity index (χ1n) is 8.63. The van der Waals surface area contributed by atoms with E-state index < -0.39 is 0 Å². The summed E-state index contributed by atoms with van der Waals surface area (Å²) in [5.74, 6) is 6.10. The minimum atomic E-state index is 0.371. The van der Waals surface area contributed by atoms with Gasteiger partial charge in [-0.3, -0.25) is 4.79 Å². The largest absolute Gasteiger partial charge is 0.356 e. The molecule has 1 amide bonds. The van der Waals surface area contributed by atoms with Gasteiger partial charge in [-0.15, -0.1) is 11.6 Å². The first kappa shape index (κ1) is 13.4. The Labute approximate surface area is 127 Å². The predicted molar refractivity (Wildman–Crippen MR) is 80.5 cm³/mol. The lowest BCUT2D eigenvalue weighted by atomic mass is 9.80. The van der Waals surface area contributed by atoms with Crippen molar-refractivity contribution < 1.29 is 4.79 Å². The van der Waals surface area contributed by atoms with Gasteiger partial charge in [0.2, 0.25) is 5.91 Å². The van der Waals surface area contributed by atoms with Crippen molar-refractivity contribution in [2.24, 2.45) is 41.4 Å². The van der Waals surface area contributed by atoms with Crippen molar-refractivity contribution in [3.05, 3.63) is 0 Å². The molecule has 2 nitrogen and oxygen atoms in total. The molecule has 0 aromatic carbocycles. The zero-order valence-corrected chi connectivity index (χ0v) is 12.9. The Morgan fingerprint density at radius 3 is 2.30 bits per heavy atom. The quantitative estimate of drug-likeness (QED) is 0.791. The number of halogens is 1. The fraction of sp³-hybridized carbons (Fsp3) is 0.941. The van der Waals surface area contributed by atoms with Crippen LogP contribution < -0.4 is 5.32 Å². The highest BCUT2D eigenvalue weighted by Crippen LogP contribution is 2.69. The zero-order chi connectivity index (χ0) is 13.7. The first-order chi connectivity index (χ1) is 9.79. The second-order valence-electron chi connectivity index (χ2n) is 7.72. The molecule has 112 valence electrons. The summed E-state index contributed by atoms with van der Waals surface area (Å²) < 4.78 is 0. The molecule has 0 aliphatic heterocycles. The van der Waals surface area contributed by atoms with E-state index >= 15 is 0 Å². The van der Waals surface area contributed by atoms with Crippen molar-refractivity contribution in [3.63, 3.8) is 0 Å². The number of carbonyl (C=O) groups is 1. The highest BCUT2D eigenvalue weighted by Gasteiger charge is 2.67. The first-order valence-corrected chi connectivity index (χ1v) is 9.16. The third-order valence-corrected chi connectivity index (χ3v) is 7.24. The van der Waals surface area contributed by atoms with E-state index in [-0.39, 0.29) is 0 Å². The zero-order valence-electron chi connectivity index (χ0n) is 12.2. The molecule has 4 saturated carbocycles. The van der Waals surface area contributed by atoms with Gasteiger partial charge in [0, 0.05) is 18.3 Å². The number of fused-ring (bicyclic) bond motifs is 5. The second-order valence-corrected chi connectivity index (χ2v) is 8.03. The van der Waals surface area contributed by atoms with Crippen molar-refractivity contribution in [3.8, 4) is 0 Å². The van der Waals surface area contributed by atoms with Crippen LogP contribution in [0.15, 0.2) is 0 Å². The molecule has 0 radical (unpaired) electrons. The highest BCUT2D eigenvalue weighted by atomic mass is 35.5. The smallest absolute Gasteiger partial charge is 0.223 e. The monoisotopic (exact) mass is 295 g/mol. The molecule has 4 aliphatic carbocycles. The summed E-state index contributed by atoms with van der Waals surface area (Å²) in [4.78, 5) is 12.4. The fourth-order valence-electron chi connectivity index (χ4n) is 5.78. The van der Waals surface area contributed by atoms with Gasteiger partial charge in [-0.25, -0.2) is 0 Å². The van der Waals surface area contributed by atoms with E-state index in [0.717, 1.165) is 36.1 Å². The van der Waals surface area contributed by atoms with Gasteiger partial charge in [0.15, 0.2) is 0 Å². The molecule has 0 saturated heterocycles. The van der Waals surface area contributed by atoms with Crippen LogP contribution >= 0.6 is 11.6 Å². The van der Waals surface area contributed by atoms with Gasteiger partial charge in [0.25, 0.3) is 0 Å². The SMILES string of the molecule is O=C(NCC1CCCCC1CCl)C1C2C3CCC(C3)C12. The van der Waals surface area contributed by atoms with Crippen LogP contribution in [0.5, 0.6) is 0 Å². The Balaban J connectivity index is 1.29. The van der Waals surface area contributed by atoms with E-state index in [2.05, 4.69) is 5.32 Å². The maximum Gasteiger partial charge on any atom is 0.223 e. The van der Waals surface area contributed by atoms with Crippen molar-refractivity contribution in [1.29, 1.82) is 0 Å². The van der Waals surface area contributed by atoms with Crippen LogP contribution in [-0.4, -0.2) is 18.3 Å². The van der Waals surface area contributed by atoms with Gasteiger partial charge in [0.05, 0.1) is 0 Å². The van der Waals surface area contributed by atoms with E-state index in [1.807, 2.05) is 0 Å². The van der Waals surface area contributed by atoms with E-state index in [1.54, 1.807) is 0 Å². The average Bonchev–Trinajstić information content (AvgIpc) is 2.93. The van der Waals surface area contributed by atoms with Gasteiger partial charge in [-0.1, -0.05) is 12.8 Å². The van der Waals surface area contributed by atoms with Crippen LogP contribution in [0.2, 0.25) is 0 Å². The minimum absolute atomic E-state index is 0.371. The van der Waals surface area contributed by atoms with Crippen LogP contribution in [0.25, 0.3) is 0 Å². The third-order valence-electron chi connectivity index (χ3n) is 6.84. The lowest BCUT2D eigenvalue weighted by Crippen LogP contribution is -2.36. The number of hydrogen-bond donors (Lipinski definition) is 1. The number of carbonyl (C=O) groups excluding carboxylic acids is 1. The van der Waals surface area contributed by atoms with Crippen LogP contribution in [0.3, 0.4) is 0 Å². The lowest BCUT2D eigenvalue weighted by Gasteiger charge is -2.30. The molecule has 6 unspecified atom stereocenters. The molecule has 0 spiro atoms. The molecule has 4 aliphatic rings. The normalized spacial score (nSPS) is 49.0. The molecular formula is C17H26ClNO. The molecule has 20 heavy (non-hydrogen) atoms. The average molecular weight is 296 g/mol. The van der Waals surface area contributed by atoms with Crippen LogP contribution in [0.1, 0.15) is 44.9 Å². The summed E-state index contributed by atoms with van der Waals surface area (Å²) in [7, 11) is 0. The van der Waals surface area contributed by atoms with Crippen molar-refractivity contribution in [2.75, 3.05) is 12.4 Å². The predicted octanol–water partition coefficient (Wildman–Crippen LogP) is 3.44. The molecule has 6 atom stereocenters. The Morgan fingerprint density at radius 2 is 1.65 bits per heavy atom. The van der Waals surface area contributed by atoms with Gasteiger partial charge in [-0.2, -0.15) is 0 Å². The number of nitrogens with one attached hydrogen (secondary N) is 1. The Hall–Kier alpha value is -0.240. The Bertz CT molecular complexity index is 382. The van der Waals surface area contributed by atoms with Crippen LogP contribution in [0.4, 0.5) is 0 Å². The van der Waals surface area contributed by atoms with Gasteiger partial charge < -0.3 is 5.32 Å². The summed E-state index contributed by atoms with van der Waals surface area (Å²) in [6.07, 6.45) is 9.35. The topological polar surface area (TPSA) is 29.1 Å². The van der Waals surface area contributed by atoms with Crippen molar-refractivity contribution >= 4 is 17.5 Å². The van der Waals surface area contributed by atoms with Gasteiger partial charge in [-0.05, 0) is 67.6 Å². The number of alkyl halides is 1. The minimum Gasteiger partial charge on any atom is -0.356 e. The molecule has 3 heteroatoms. The third kappa shape index (κ3) is 2.10. The van der Waals surface area contributed by atoms with Crippen LogP contribution in [0, 0.1) is 41.4 Å². The standard InChI is InChI=1S/C17H26ClNO/c18-8-12-3-1-2-4-13(12)9-19-17(20)16-14-10-5-6-11(7-10)15(14)16/h10-16H,1-9H2,(H,19,20). The molecule has 4 fully saturated rings. The summed E-state index contributed by atoms with van der Waals surface area (Å²) in [6.45, 7) is 0.876. The Kier molecular flexibility index (Phi) is 3.48. The molecule has 4 rings (SSSR count). The van der Waals surface area contributed by atoms with E-state index in [1.165, 1.54) is 44.9 Å². The highest BCUT2D eigenvalue weighted by molar-refractivity contribution is 6.18. The molecular weight excluding hydrogens is 270 g/mol. The number of amides is 1. The van der Waals surface area contributed by atoms with E-state index in [9.17, 15) is 4.79 Å². The van der Waals surface area contributed by atoms with E-state index in [4.69, 9.17) is 11.6 Å². The molecule has 1 N–H and O–H groups in total. The number of hydrogen-bond acceptors (Lipinski definition) is 1. The number of rotatable bonds is 4. The summed E-state index contributed by atoms with van der Waals surface area (Å²) >= 11 is 6.08. The lowest BCUT2D eigenvalue weighted by molar-refractivity contribution is -0.123. The summed E-state index contributed by atoms with van der Waals surface area (Å²) in [6, 6.07) is 0. The molecule has 0 heterocycles. The van der Waals surface area contributed by atoms with Crippen molar-refractivity contribution in [2.45, 2.75) is 44.9 Å². The maximum absolute atomic E-state index is 12.4. The van der Waals surface area contributed by atoms with Gasteiger partial charge >= 0.3 is 0 Å². The molecule has 0 aromatic heterocycles. The van der Waals surface area contributed by atoms with E-state index in [0.29, 0.717) is 23.7 Å². The van der Waals surface area contributed by atoms with Gasteiger partial charge in [0.1, 0.15) is 0 Å². The summed E-state index contributed by atoms with van der Waals surface area (Å²) in [5, 5.41) is 3.28. The second kappa shape index (κ2) is 5.19. The Morgan fingerprint density at radius 1 is 1.00 bits per heavy atom.